The van der Waals surface area contributed by atoms with Crippen LogP contribution < -0.4 is 11.2 Å². The van der Waals surface area contributed by atoms with Gasteiger partial charge < -0.3 is 9.84 Å². The van der Waals surface area contributed by atoms with Crippen molar-refractivity contribution in [1.82, 2.24) is 9.55 Å². The normalized spacial score (nSPS) is 29.1. The van der Waals surface area contributed by atoms with Crippen LogP contribution >= 0.6 is 0 Å². The summed E-state index contributed by atoms with van der Waals surface area (Å²) in [6.45, 7) is 5.39. The van der Waals surface area contributed by atoms with Gasteiger partial charge in [0.2, 0.25) is 6.23 Å². The Morgan fingerprint density at radius 2 is 2.25 bits per heavy atom. The van der Waals surface area contributed by atoms with Crippen LogP contribution in [0.3, 0.4) is 0 Å². The van der Waals surface area contributed by atoms with Crippen molar-refractivity contribution in [3.63, 3.8) is 0 Å². The Morgan fingerprint density at radius 3 is 2.75 bits per heavy atom. The van der Waals surface area contributed by atoms with E-state index in [4.69, 9.17) is 4.74 Å². The van der Waals surface area contributed by atoms with Gasteiger partial charge in [0, 0.05) is 18.2 Å². The summed E-state index contributed by atoms with van der Waals surface area (Å²) < 4.78 is 6.43. The topological polar surface area (TPSA) is 84.3 Å². The van der Waals surface area contributed by atoms with Gasteiger partial charge in [-0.3, -0.25) is 14.3 Å². The van der Waals surface area contributed by atoms with Crippen molar-refractivity contribution in [2.45, 2.75) is 19.3 Å². The molecule has 6 nitrogen and oxygen atoms in total. The van der Waals surface area contributed by atoms with Gasteiger partial charge in [-0.1, -0.05) is 13.5 Å². The first-order valence-electron chi connectivity index (χ1n) is 4.85. The standard InChI is InChI=1S/C10H12N2O4/c1-5-6(2)16-9(8(5)14)12-4-3-7(13)11-10(12)15/h3-5,8-9,14H,2H2,1H3,(H,11,13,15)/t5-,8+,9-/m1/s1. The van der Waals surface area contributed by atoms with Crippen LogP contribution in [0.2, 0.25) is 0 Å². The molecule has 2 N–H and O–H groups in total. The number of hydrogen-bond donors (Lipinski definition) is 2. The van der Waals surface area contributed by atoms with Gasteiger partial charge in [0.1, 0.15) is 6.10 Å². The lowest BCUT2D eigenvalue weighted by molar-refractivity contribution is -0.000417. The Kier molecular flexibility index (Phi) is 2.43. The SMILES string of the molecule is C=C1O[C@@H](n2ccc(=O)[nH]c2=O)[C@@H](O)[C@@H]1C. The van der Waals surface area contributed by atoms with Crippen molar-refractivity contribution in [3.8, 4) is 0 Å². The third-order valence-corrected chi connectivity index (χ3v) is 2.71. The number of rotatable bonds is 1. The van der Waals surface area contributed by atoms with Crippen LogP contribution in [0.25, 0.3) is 0 Å². The van der Waals surface area contributed by atoms with Crippen LogP contribution in [0.15, 0.2) is 34.2 Å². The second kappa shape index (κ2) is 3.64. The maximum Gasteiger partial charge on any atom is 0.331 e. The molecule has 3 atom stereocenters. The summed E-state index contributed by atoms with van der Waals surface area (Å²) in [6, 6.07) is 1.20. The molecule has 2 heterocycles. The van der Waals surface area contributed by atoms with Crippen molar-refractivity contribution in [2.75, 3.05) is 0 Å². The van der Waals surface area contributed by atoms with E-state index < -0.39 is 23.6 Å². The maximum atomic E-state index is 11.5. The van der Waals surface area contributed by atoms with E-state index in [1.807, 2.05) is 0 Å². The summed E-state index contributed by atoms with van der Waals surface area (Å²) in [5, 5.41) is 9.84. The molecule has 0 bridgehead atoms. The quantitative estimate of drug-likeness (QED) is 0.678. The fraction of sp³-hybridized carbons (Fsp3) is 0.400. The number of H-pyrrole nitrogens is 1. The van der Waals surface area contributed by atoms with E-state index in [-0.39, 0.29) is 5.92 Å². The van der Waals surface area contributed by atoms with Crippen LogP contribution in [0.5, 0.6) is 0 Å². The zero-order chi connectivity index (χ0) is 11.9. The van der Waals surface area contributed by atoms with Crippen molar-refractivity contribution in [1.29, 1.82) is 0 Å². The molecule has 1 aromatic heterocycles. The molecule has 2 rings (SSSR count). The molecule has 1 fully saturated rings. The Hall–Kier alpha value is -1.82. The lowest BCUT2D eigenvalue weighted by atomic mass is 10.1. The molecule has 0 unspecified atom stereocenters. The highest BCUT2D eigenvalue weighted by atomic mass is 16.5. The molecule has 1 aliphatic rings. The van der Waals surface area contributed by atoms with Crippen LogP contribution in [0.4, 0.5) is 0 Å². The number of aromatic nitrogens is 2. The summed E-state index contributed by atoms with van der Waals surface area (Å²) in [4.78, 5) is 24.4. The number of nitrogens with one attached hydrogen (secondary N) is 1. The number of aliphatic hydroxyl groups is 1. The zero-order valence-corrected chi connectivity index (χ0v) is 8.71. The molecule has 0 radical (unpaired) electrons. The van der Waals surface area contributed by atoms with E-state index >= 15 is 0 Å². The highest BCUT2D eigenvalue weighted by Gasteiger charge is 2.38. The Morgan fingerprint density at radius 1 is 1.56 bits per heavy atom. The fourth-order valence-corrected chi connectivity index (χ4v) is 1.62. The number of hydrogen-bond acceptors (Lipinski definition) is 4. The predicted octanol–water partition coefficient (Wildman–Crippen LogP) is -0.424. The van der Waals surface area contributed by atoms with Crippen LogP contribution in [0, 0.1) is 5.92 Å². The summed E-state index contributed by atoms with van der Waals surface area (Å²) in [6.07, 6.45) is -0.386. The average Bonchev–Trinajstić information content (AvgIpc) is 2.46. The molecule has 0 amide bonds. The Bertz CT molecular complexity index is 530. The maximum absolute atomic E-state index is 11.5. The molecule has 6 heteroatoms. The van der Waals surface area contributed by atoms with Gasteiger partial charge in [-0.15, -0.1) is 0 Å². The monoisotopic (exact) mass is 224 g/mol. The minimum Gasteiger partial charge on any atom is -0.472 e. The molecule has 0 spiro atoms. The van der Waals surface area contributed by atoms with E-state index in [0.29, 0.717) is 5.76 Å². The van der Waals surface area contributed by atoms with E-state index in [9.17, 15) is 14.7 Å². The van der Waals surface area contributed by atoms with Gasteiger partial charge >= 0.3 is 5.69 Å². The molecular weight excluding hydrogens is 212 g/mol. The van der Waals surface area contributed by atoms with Gasteiger partial charge in [-0.05, 0) is 0 Å². The predicted molar refractivity (Wildman–Crippen MR) is 55.8 cm³/mol. The summed E-state index contributed by atoms with van der Waals surface area (Å²) in [7, 11) is 0. The molecule has 0 saturated carbocycles. The first kappa shape index (κ1) is 10.7. The van der Waals surface area contributed by atoms with E-state index in [1.165, 1.54) is 12.3 Å². The van der Waals surface area contributed by atoms with Crippen molar-refractivity contribution in [3.05, 3.63) is 45.4 Å². The third-order valence-electron chi connectivity index (χ3n) is 2.71. The first-order valence-corrected chi connectivity index (χ1v) is 4.85. The van der Waals surface area contributed by atoms with Crippen molar-refractivity contribution < 1.29 is 9.84 Å². The number of nitrogens with zero attached hydrogens (tertiary/aromatic N) is 1. The van der Waals surface area contributed by atoms with Crippen molar-refractivity contribution in [2.24, 2.45) is 5.92 Å². The average molecular weight is 224 g/mol. The van der Waals surface area contributed by atoms with Crippen LogP contribution in [-0.4, -0.2) is 20.8 Å². The molecule has 0 aromatic carbocycles. The molecule has 0 aliphatic carbocycles. The highest BCUT2D eigenvalue weighted by Crippen LogP contribution is 2.34. The van der Waals surface area contributed by atoms with Gasteiger partial charge in [-0.25, -0.2) is 4.79 Å². The van der Waals surface area contributed by atoms with Gasteiger partial charge in [0.15, 0.2) is 0 Å². The van der Waals surface area contributed by atoms with Gasteiger partial charge in [0.25, 0.3) is 5.56 Å². The van der Waals surface area contributed by atoms with Crippen LogP contribution in [0.1, 0.15) is 13.2 Å². The Balaban J connectivity index is 2.43. The second-order valence-corrected chi connectivity index (χ2v) is 3.77. The summed E-state index contributed by atoms with van der Waals surface area (Å²) in [5.41, 5.74) is -1.10. The largest absolute Gasteiger partial charge is 0.472 e. The number of aromatic amines is 1. The highest BCUT2D eigenvalue weighted by molar-refractivity contribution is 5.02. The molecule has 1 aromatic rings. The van der Waals surface area contributed by atoms with Crippen LogP contribution in [-0.2, 0) is 4.74 Å². The summed E-state index contributed by atoms with van der Waals surface area (Å²) >= 11 is 0. The summed E-state index contributed by atoms with van der Waals surface area (Å²) in [5.74, 6) is 0.180. The minimum atomic E-state index is -0.851. The van der Waals surface area contributed by atoms with Crippen molar-refractivity contribution >= 4 is 0 Å². The van der Waals surface area contributed by atoms with E-state index in [1.54, 1.807) is 6.92 Å². The molecule has 1 saturated heterocycles. The first-order chi connectivity index (χ1) is 7.50. The number of aliphatic hydroxyl groups excluding tert-OH is 1. The third kappa shape index (κ3) is 1.57. The Labute approximate surface area is 90.8 Å². The lowest BCUT2D eigenvalue weighted by Crippen LogP contribution is -2.35. The molecule has 16 heavy (non-hydrogen) atoms. The van der Waals surface area contributed by atoms with Gasteiger partial charge in [0.05, 0.1) is 5.76 Å². The number of ether oxygens (including phenoxy) is 1. The minimum absolute atomic E-state index is 0.246. The van der Waals surface area contributed by atoms with E-state index in [0.717, 1.165) is 4.57 Å². The molecule has 1 aliphatic heterocycles. The van der Waals surface area contributed by atoms with E-state index in [2.05, 4.69) is 11.6 Å². The molecule has 86 valence electrons. The second-order valence-electron chi connectivity index (χ2n) is 3.77. The zero-order valence-electron chi connectivity index (χ0n) is 8.71. The fourth-order valence-electron chi connectivity index (χ4n) is 1.62. The molecular formula is C10H12N2O4. The van der Waals surface area contributed by atoms with Gasteiger partial charge in [-0.2, -0.15) is 0 Å². The smallest absolute Gasteiger partial charge is 0.331 e. The lowest BCUT2D eigenvalue weighted by Gasteiger charge is -2.16.